The van der Waals surface area contributed by atoms with Gasteiger partial charge in [0.05, 0.1) is 16.5 Å². The van der Waals surface area contributed by atoms with Gasteiger partial charge >= 0.3 is 0 Å². The average molecular weight is 486 g/mol. The molecule has 1 aliphatic rings. The summed E-state index contributed by atoms with van der Waals surface area (Å²) in [5.41, 5.74) is 2.20. The van der Waals surface area contributed by atoms with Crippen LogP contribution in [0.3, 0.4) is 0 Å². The zero-order valence-corrected chi connectivity index (χ0v) is 20.7. The van der Waals surface area contributed by atoms with Crippen molar-refractivity contribution in [3.63, 3.8) is 0 Å². The maximum atomic E-state index is 13.4. The van der Waals surface area contributed by atoms with Crippen LogP contribution < -0.4 is 10.1 Å². The summed E-state index contributed by atoms with van der Waals surface area (Å²) < 4.78 is 35.5. The fraction of sp³-hybridized carbons (Fsp3) is 0.458. The number of nitrogens with zero attached hydrogens (tertiary/aromatic N) is 4. The summed E-state index contributed by atoms with van der Waals surface area (Å²) in [6, 6.07) is 11.7. The number of amides is 1. The number of fused-ring (bicyclic) bond motifs is 1. The normalized spacial score (nSPS) is 17.1. The zero-order valence-electron chi connectivity index (χ0n) is 19.9. The predicted octanol–water partition coefficient (Wildman–Crippen LogP) is 3.27. The van der Waals surface area contributed by atoms with E-state index in [1.54, 1.807) is 16.8 Å². The quantitative estimate of drug-likeness (QED) is 0.525. The van der Waals surface area contributed by atoms with Crippen molar-refractivity contribution in [2.75, 3.05) is 6.54 Å². The number of benzene rings is 2. The van der Waals surface area contributed by atoms with E-state index in [4.69, 9.17) is 4.74 Å². The molecule has 182 valence electrons. The lowest BCUT2D eigenvalue weighted by molar-refractivity contribution is -0.124. The predicted molar refractivity (Wildman–Crippen MR) is 129 cm³/mol. The Balaban J connectivity index is 1.46. The third-order valence-electron chi connectivity index (χ3n) is 5.81. The van der Waals surface area contributed by atoms with Gasteiger partial charge in [0.25, 0.3) is 0 Å². The van der Waals surface area contributed by atoms with Gasteiger partial charge in [-0.15, -0.1) is 5.10 Å². The van der Waals surface area contributed by atoms with Gasteiger partial charge < -0.3 is 10.1 Å². The molecular formula is C24H31N5O4S. The van der Waals surface area contributed by atoms with Crippen molar-refractivity contribution in [1.29, 1.82) is 0 Å². The van der Waals surface area contributed by atoms with Crippen molar-refractivity contribution in [2.45, 2.75) is 70.2 Å². The minimum atomic E-state index is -3.86. The lowest BCUT2D eigenvalue weighted by atomic mass is 10.2. The Hall–Kier alpha value is -2.98. The first kappa shape index (κ1) is 24.2. The monoisotopic (exact) mass is 485 g/mol. The van der Waals surface area contributed by atoms with Gasteiger partial charge in [-0.3, -0.25) is 4.79 Å². The second kappa shape index (κ2) is 9.71. The third-order valence-corrected chi connectivity index (χ3v) is 7.71. The van der Waals surface area contributed by atoms with Gasteiger partial charge in [-0.2, -0.15) is 4.31 Å². The first-order valence-corrected chi connectivity index (χ1v) is 13.0. The highest BCUT2D eigenvalue weighted by Crippen LogP contribution is 2.28. The Bertz CT molecular complexity index is 1270. The number of carbonyl (C=O) groups excluding carboxylic acids is 1. The fourth-order valence-corrected chi connectivity index (χ4v) is 5.83. The second-order valence-corrected chi connectivity index (χ2v) is 11.0. The molecule has 1 unspecified atom stereocenters. The molecule has 1 aromatic heterocycles. The summed E-state index contributed by atoms with van der Waals surface area (Å²) in [5, 5.41) is 11.1. The van der Waals surface area contributed by atoms with Crippen LogP contribution in [0.15, 0.2) is 47.4 Å². The van der Waals surface area contributed by atoms with Crippen molar-refractivity contribution in [2.24, 2.45) is 0 Å². The molecule has 4 rings (SSSR count). The summed E-state index contributed by atoms with van der Waals surface area (Å²) in [4.78, 5) is 13.1. The van der Waals surface area contributed by atoms with Crippen LogP contribution in [0.2, 0.25) is 0 Å². The third kappa shape index (κ3) is 4.92. The van der Waals surface area contributed by atoms with Gasteiger partial charge in [0.2, 0.25) is 15.9 Å². The molecule has 34 heavy (non-hydrogen) atoms. The smallest absolute Gasteiger partial charge is 0.243 e. The van der Waals surface area contributed by atoms with Gasteiger partial charge in [-0.25, -0.2) is 13.1 Å². The standard InChI is InChI=1S/C24H31N5O4S/c1-16(2)29-22-12-11-20(14-21(22)26-27-29)34(31,32)28-13-5-6-23(28)24(30)25-15-18-7-9-19(10-8-18)33-17(3)4/h7-12,14,16-17,23H,5-6,13,15H2,1-4H3,(H,25,30). The number of nitrogens with one attached hydrogen (secondary N) is 1. The number of aromatic nitrogens is 3. The van der Waals surface area contributed by atoms with Crippen LogP contribution in [0, 0.1) is 0 Å². The van der Waals surface area contributed by atoms with Crippen LogP contribution in [-0.2, 0) is 21.4 Å². The van der Waals surface area contributed by atoms with Crippen LogP contribution in [0.1, 0.15) is 52.1 Å². The Morgan fingerprint density at radius 2 is 1.88 bits per heavy atom. The maximum Gasteiger partial charge on any atom is 0.243 e. The number of carbonyl (C=O) groups is 1. The van der Waals surface area contributed by atoms with Gasteiger partial charge in [0.15, 0.2) is 0 Å². The van der Waals surface area contributed by atoms with E-state index in [2.05, 4.69) is 15.6 Å². The van der Waals surface area contributed by atoms with E-state index < -0.39 is 16.1 Å². The van der Waals surface area contributed by atoms with Crippen molar-refractivity contribution < 1.29 is 17.9 Å². The van der Waals surface area contributed by atoms with Gasteiger partial charge in [-0.05, 0) is 76.4 Å². The molecule has 3 aromatic rings. The van der Waals surface area contributed by atoms with E-state index >= 15 is 0 Å². The van der Waals surface area contributed by atoms with Gasteiger partial charge in [0.1, 0.15) is 17.3 Å². The second-order valence-electron chi connectivity index (χ2n) is 9.08. The Labute approximate surface area is 200 Å². The highest BCUT2D eigenvalue weighted by atomic mass is 32.2. The first-order chi connectivity index (χ1) is 16.2. The lowest BCUT2D eigenvalue weighted by Gasteiger charge is -2.23. The molecule has 2 heterocycles. The van der Waals surface area contributed by atoms with Crippen molar-refractivity contribution in [3.8, 4) is 5.75 Å². The average Bonchev–Trinajstić information content (AvgIpc) is 3.45. The Kier molecular flexibility index (Phi) is 6.90. The highest BCUT2D eigenvalue weighted by Gasteiger charge is 2.39. The molecule has 1 atom stereocenters. The molecule has 1 aliphatic heterocycles. The molecule has 0 radical (unpaired) electrons. The van der Waals surface area contributed by atoms with Crippen LogP contribution in [0.25, 0.3) is 11.0 Å². The molecule has 9 nitrogen and oxygen atoms in total. The summed E-state index contributed by atoms with van der Waals surface area (Å²) >= 11 is 0. The first-order valence-electron chi connectivity index (χ1n) is 11.6. The summed E-state index contributed by atoms with van der Waals surface area (Å²) in [6.45, 7) is 8.51. The molecule has 0 saturated carbocycles. The molecule has 1 fully saturated rings. The molecule has 2 aromatic carbocycles. The van der Waals surface area contributed by atoms with Gasteiger partial charge in [0, 0.05) is 19.1 Å². The number of ether oxygens (including phenoxy) is 1. The molecule has 0 bridgehead atoms. The Morgan fingerprint density at radius 1 is 1.15 bits per heavy atom. The number of rotatable bonds is 8. The molecule has 1 amide bonds. The zero-order chi connectivity index (χ0) is 24.5. The van der Waals surface area contributed by atoms with Crippen LogP contribution in [-0.4, -0.2) is 52.3 Å². The van der Waals surface area contributed by atoms with Crippen LogP contribution in [0.5, 0.6) is 5.75 Å². The van der Waals surface area contributed by atoms with E-state index in [9.17, 15) is 13.2 Å². The van der Waals surface area contributed by atoms with Crippen LogP contribution in [0.4, 0.5) is 0 Å². The molecule has 1 saturated heterocycles. The van der Waals surface area contributed by atoms with Crippen LogP contribution >= 0.6 is 0 Å². The summed E-state index contributed by atoms with van der Waals surface area (Å²) in [5.74, 6) is 0.471. The molecular weight excluding hydrogens is 454 g/mol. The number of hydrogen-bond acceptors (Lipinski definition) is 6. The molecule has 1 N–H and O–H groups in total. The van der Waals surface area contributed by atoms with Gasteiger partial charge in [-0.1, -0.05) is 17.3 Å². The van der Waals surface area contributed by atoms with Crippen molar-refractivity contribution in [1.82, 2.24) is 24.6 Å². The molecule has 0 aliphatic carbocycles. The fourth-order valence-electron chi connectivity index (χ4n) is 4.15. The molecule has 0 spiro atoms. The van der Waals surface area contributed by atoms with Crippen molar-refractivity contribution in [3.05, 3.63) is 48.0 Å². The van der Waals surface area contributed by atoms with E-state index in [0.29, 0.717) is 31.4 Å². The minimum Gasteiger partial charge on any atom is -0.491 e. The Morgan fingerprint density at radius 3 is 2.56 bits per heavy atom. The SMILES string of the molecule is CC(C)Oc1ccc(CNC(=O)C2CCCN2S(=O)(=O)c2ccc3c(c2)nnn3C(C)C)cc1. The minimum absolute atomic E-state index is 0.0868. The number of sulfonamides is 1. The maximum absolute atomic E-state index is 13.4. The largest absolute Gasteiger partial charge is 0.491 e. The number of hydrogen-bond donors (Lipinski definition) is 1. The summed E-state index contributed by atoms with van der Waals surface area (Å²) in [7, 11) is -3.86. The van der Waals surface area contributed by atoms with Crippen molar-refractivity contribution >= 4 is 27.0 Å². The summed E-state index contributed by atoms with van der Waals surface area (Å²) in [6.07, 6.45) is 1.20. The van der Waals surface area contributed by atoms with E-state index in [1.807, 2.05) is 52.0 Å². The molecule has 10 heteroatoms. The lowest BCUT2D eigenvalue weighted by Crippen LogP contribution is -2.45. The van der Waals surface area contributed by atoms with E-state index in [-0.39, 0.29) is 22.9 Å². The van der Waals surface area contributed by atoms with E-state index in [1.165, 1.54) is 10.4 Å². The van der Waals surface area contributed by atoms with E-state index in [0.717, 1.165) is 16.8 Å². The topological polar surface area (TPSA) is 106 Å². The highest BCUT2D eigenvalue weighted by molar-refractivity contribution is 7.89.